The molecule has 1 fully saturated rings. The van der Waals surface area contributed by atoms with Crippen molar-refractivity contribution in [2.24, 2.45) is 5.92 Å². The molecule has 0 aliphatic heterocycles. The average molecular weight is 289 g/mol. The maximum absolute atomic E-state index is 12.2. The molecule has 4 heteroatoms. The molecule has 1 aliphatic carbocycles. The lowest BCUT2D eigenvalue weighted by molar-refractivity contribution is 0.0944. The van der Waals surface area contributed by atoms with Crippen LogP contribution in [0.5, 0.6) is 0 Å². The van der Waals surface area contributed by atoms with Gasteiger partial charge in [-0.2, -0.15) is 0 Å². The van der Waals surface area contributed by atoms with Gasteiger partial charge < -0.3 is 5.32 Å². The highest BCUT2D eigenvalue weighted by molar-refractivity contribution is 6.35. The molecule has 20 heavy (non-hydrogen) atoms. The molecule has 2 unspecified atom stereocenters. The minimum Gasteiger partial charge on any atom is -0.348 e. The van der Waals surface area contributed by atoms with Crippen molar-refractivity contribution in [3.8, 4) is 0 Å². The molecule has 1 heterocycles. The summed E-state index contributed by atoms with van der Waals surface area (Å²) in [5.74, 6) is 0.515. The van der Waals surface area contributed by atoms with Crippen LogP contribution >= 0.6 is 11.6 Å². The number of hydrogen-bond acceptors (Lipinski definition) is 2. The largest absolute Gasteiger partial charge is 0.348 e. The van der Waals surface area contributed by atoms with E-state index >= 15 is 0 Å². The summed E-state index contributed by atoms with van der Waals surface area (Å²) in [6.45, 7) is 2.17. The van der Waals surface area contributed by atoms with Gasteiger partial charge in [0.15, 0.2) is 0 Å². The Labute approximate surface area is 123 Å². The zero-order chi connectivity index (χ0) is 14.1. The molecule has 0 spiro atoms. The van der Waals surface area contributed by atoms with E-state index in [1.54, 1.807) is 6.07 Å². The van der Waals surface area contributed by atoms with Crippen LogP contribution in [0.4, 0.5) is 0 Å². The molecular formula is C16H17ClN2O. The van der Waals surface area contributed by atoms with Gasteiger partial charge in [-0.05, 0) is 30.9 Å². The lowest BCUT2D eigenvalue weighted by atomic mass is 10.2. The van der Waals surface area contributed by atoms with Crippen molar-refractivity contribution in [1.82, 2.24) is 10.3 Å². The number of aromatic nitrogens is 1. The van der Waals surface area contributed by atoms with E-state index in [4.69, 9.17) is 11.6 Å². The lowest BCUT2D eigenvalue weighted by Gasteiger charge is -2.06. The lowest BCUT2D eigenvalue weighted by Crippen LogP contribution is -2.27. The maximum atomic E-state index is 12.2. The minimum absolute atomic E-state index is 0.124. The average Bonchev–Trinajstić information content (AvgIpc) is 3.17. The van der Waals surface area contributed by atoms with Gasteiger partial charge in [-0.1, -0.05) is 43.1 Å². The number of para-hydroxylation sites is 1. The predicted octanol–water partition coefficient (Wildman–Crippen LogP) is 3.81. The van der Waals surface area contributed by atoms with Crippen molar-refractivity contribution in [3.05, 3.63) is 41.0 Å². The number of halogens is 1. The number of fused-ring (bicyclic) bond motifs is 1. The first kappa shape index (κ1) is 13.4. The highest BCUT2D eigenvalue weighted by Crippen LogP contribution is 2.34. The number of rotatable bonds is 4. The van der Waals surface area contributed by atoms with Crippen LogP contribution in [0.1, 0.15) is 36.7 Å². The molecule has 1 aromatic carbocycles. The van der Waals surface area contributed by atoms with Crippen molar-refractivity contribution < 1.29 is 4.79 Å². The molecule has 1 N–H and O–H groups in total. The fourth-order valence-electron chi connectivity index (χ4n) is 2.61. The maximum Gasteiger partial charge on any atom is 0.270 e. The Morgan fingerprint density at radius 2 is 2.25 bits per heavy atom. The quantitative estimate of drug-likeness (QED) is 0.929. The monoisotopic (exact) mass is 288 g/mol. The van der Waals surface area contributed by atoms with Crippen LogP contribution in [0.15, 0.2) is 30.3 Å². The molecule has 0 saturated heterocycles. The smallest absolute Gasteiger partial charge is 0.270 e. The standard InChI is InChI=1S/C16H17ClN2O/c1-2-5-10-8-14(10)19-16(20)15-9-12(17)11-6-3-4-7-13(11)18-15/h3-4,6-7,9-10,14H,2,5,8H2,1H3,(H,19,20). The first-order valence-electron chi connectivity index (χ1n) is 7.05. The van der Waals surface area contributed by atoms with Gasteiger partial charge in [-0.25, -0.2) is 4.98 Å². The summed E-state index contributed by atoms with van der Waals surface area (Å²) < 4.78 is 0. The van der Waals surface area contributed by atoms with Crippen molar-refractivity contribution >= 4 is 28.4 Å². The highest BCUT2D eigenvalue weighted by atomic mass is 35.5. The summed E-state index contributed by atoms with van der Waals surface area (Å²) in [6, 6.07) is 9.55. The molecule has 1 aliphatic rings. The molecule has 3 rings (SSSR count). The molecule has 1 amide bonds. The summed E-state index contributed by atoms with van der Waals surface area (Å²) in [4.78, 5) is 16.6. The number of amides is 1. The van der Waals surface area contributed by atoms with Gasteiger partial charge in [0, 0.05) is 11.4 Å². The first-order chi connectivity index (χ1) is 9.69. The Bertz CT molecular complexity index is 656. The van der Waals surface area contributed by atoms with Crippen LogP contribution in [0, 0.1) is 5.92 Å². The Hall–Kier alpha value is -1.61. The third-order valence-electron chi connectivity index (χ3n) is 3.80. The van der Waals surface area contributed by atoms with E-state index in [1.807, 2.05) is 24.3 Å². The number of pyridine rings is 1. The molecule has 2 aromatic rings. The zero-order valence-electron chi connectivity index (χ0n) is 11.4. The molecular weight excluding hydrogens is 272 g/mol. The van der Waals surface area contributed by atoms with Gasteiger partial charge in [0.1, 0.15) is 5.69 Å². The van der Waals surface area contributed by atoms with Gasteiger partial charge >= 0.3 is 0 Å². The number of hydrogen-bond donors (Lipinski definition) is 1. The summed E-state index contributed by atoms with van der Waals surface area (Å²) in [5, 5.41) is 4.48. The van der Waals surface area contributed by atoms with Gasteiger partial charge in [0.05, 0.1) is 10.5 Å². The number of benzene rings is 1. The van der Waals surface area contributed by atoms with E-state index < -0.39 is 0 Å². The van der Waals surface area contributed by atoms with Crippen LogP contribution in [-0.4, -0.2) is 16.9 Å². The van der Waals surface area contributed by atoms with Gasteiger partial charge in [0.25, 0.3) is 5.91 Å². The van der Waals surface area contributed by atoms with Crippen molar-refractivity contribution in [1.29, 1.82) is 0 Å². The molecule has 0 bridgehead atoms. The Kier molecular flexibility index (Phi) is 3.62. The van der Waals surface area contributed by atoms with E-state index in [1.165, 1.54) is 6.42 Å². The Morgan fingerprint density at radius 1 is 1.45 bits per heavy atom. The SMILES string of the molecule is CCCC1CC1NC(=O)c1cc(Cl)c2ccccc2n1. The van der Waals surface area contributed by atoms with E-state index in [2.05, 4.69) is 17.2 Å². The summed E-state index contributed by atoms with van der Waals surface area (Å²) in [5.41, 5.74) is 1.15. The Balaban J connectivity index is 1.78. The van der Waals surface area contributed by atoms with E-state index in [0.717, 1.165) is 23.7 Å². The molecule has 104 valence electrons. The zero-order valence-corrected chi connectivity index (χ0v) is 12.2. The van der Waals surface area contributed by atoms with Gasteiger partial charge in [-0.3, -0.25) is 4.79 Å². The summed E-state index contributed by atoms with van der Waals surface area (Å²) >= 11 is 6.22. The van der Waals surface area contributed by atoms with E-state index in [9.17, 15) is 4.79 Å². The molecule has 2 atom stereocenters. The normalized spacial score (nSPS) is 20.9. The van der Waals surface area contributed by atoms with Gasteiger partial charge in [-0.15, -0.1) is 0 Å². The Morgan fingerprint density at radius 3 is 3.05 bits per heavy atom. The number of nitrogens with zero attached hydrogens (tertiary/aromatic N) is 1. The highest BCUT2D eigenvalue weighted by Gasteiger charge is 2.37. The second kappa shape index (κ2) is 5.41. The second-order valence-electron chi connectivity index (χ2n) is 5.37. The second-order valence-corrected chi connectivity index (χ2v) is 5.78. The molecule has 1 saturated carbocycles. The predicted molar refractivity (Wildman–Crippen MR) is 81.0 cm³/mol. The van der Waals surface area contributed by atoms with E-state index in [0.29, 0.717) is 22.7 Å². The minimum atomic E-state index is -0.124. The molecule has 3 nitrogen and oxygen atoms in total. The first-order valence-corrected chi connectivity index (χ1v) is 7.43. The third-order valence-corrected chi connectivity index (χ3v) is 4.11. The van der Waals surface area contributed by atoms with Crippen molar-refractivity contribution in [3.63, 3.8) is 0 Å². The fourth-order valence-corrected chi connectivity index (χ4v) is 2.87. The topological polar surface area (TPSA) is 42.0 Å². The summed E-state index contributed by atoms with van der Waals surface area (Å²) in [7, 11) is 0. The molecule has 0 radical (unpaired) electrons. The van der Waals surface area contributed by atoms with Crippen LogP contribution < -0.4 is 5.32 Å². The molecule has 1 aromatic heterocycles. The number of carbonyl (C=O) groups excluding carboxylic acids is 1. The summed E-state index contributed by atoms with van der Waals surface area (Å²) in [6.07, 6.45) is 3.43. The number of nitrogens with one attached hydrogen (secondary N) is 1. The van der Waals surface area contributed by atoms with E-state index in [-0.39, 0.29) is 5.91 Å². The van der Waals surface area contributed by atoms with Crippen molar-refractivity contribution in [2.45, 2.75) is 32.2 Å². The van der Waals surface area contributed by atoms with Crippen LogP contribution in [0.2, 0.25) is 5.02 Å². The van der Waals surface area contributed by atoms with Crippen molar-refractivity contribution in [2.75, 3.05) is 0 Å². The van der Waals surface area contributed by atoms with Crippen LogP contribution in [0.3, 0.4) is 0 Å². The number of carbonyl (C=O) groups is 1. The third kappa shape index (κ3) is 2.63. The van der Waals surface area contributed by atoms with Crippen LogP contribution in [-0.2, 0) is 0 Å². The van der Waals surface area contributed by atoms with Gasteiger partial charge in [0.2, 0.25) is 0 Å². The fraction of sp³-hybridized carbons (Fsp3) is 0.375. The van der Waals surface area contributed by atoms with Crippen LogP contribution in [0.25, 0.3) is 10.9 Å².